The number of hydrogen-bond donors (Lipinski definition) is 0. The molecule has 0 bridgehead atoms. The van der Waals surface area contributed by atoms with E-state index in [1.165, 1.54) is 0 Å². The molecule has 0 spiro atoms. The van der Waals surface area contributed by atoms with Crippen molar-refractivity contribution in [1.29, 1.82) is 0 Å². The van der Waals surface area contributed by atoms with Gasteiger partial charge >= 0.3 is 29.4 Å². The van der Waals surface area contributed by atoms with Crippen LogP contribution in [0.4, 0.5) is 26.3 Å². The topological polar surface area (TPSA) is 40.1 Å². The Labute approximate surface area is 107 Å². The Bertz CT molecular complexity index is 451. The molecule has 0 N–H and O–H groups in total. The molecule has 104 valence electrons. The van der Waals surface area contributed by atoms with Gasteiger partial charge in [0.1, 0.15) is 0 Å². The minimum atomic E-state index is -5.43. The minimum absolute atomic E-state index is 0. The van der Waals surface area contributed by atoms with Gasteiger partial charge < -0.3 is 9.90 Å². The van der Waals surface area contributed by atoms with E-state index in [2.05, 4.69) is 0 Å². The molecule has 9 heteroatoms. The summed E-state index contributed by atoms with van der Waals surface area (Å²) in [6.07, 6.45) is -10.7. The average Bonchev–Trinajstić information content (AvgIpc) is 2.13. The van der Waals surface area contributed by atoms with Crippen molar-refractivity contribution in [2.24, 2.45) is 0 Å². The van der Waals surface area contributed by atoms with E-state index in [4.69, 9.17) is 0 Å². The SMILES string of the molecule is O=C([O-])c1cccc(C(F)(F)F)c1C(F)(F)F.[Cu+]. The number of carbonyl (C=O) groups excluding carboxylic acids is 1. The minimum Gasteiger partial charge on any atom is -0.545 e. The summed E-state index contributed by atoms with van der Waals surface area (Å²) in [6, 6.07) is 1.14. The third-order valence-corrected chi connectivity index (χ3v) is 1.87. The number of halogens is 6. The molecule has 0 saturated carbocycles. The van der Waals surface area contributed by atoms with Crippen LogP contribution in [0.2, 0.25) is 0 Å². The molecule has 0 aliphatic rings. The van der Waals surface area contributed by atoms with Crippen LogP contribution in [0.3, 0.4) is 0 Å². The summed E-state index contributed by atoms with van der Waals surface area (Å²) in [7, 11) is 0. The third kappa shape index (κ3) is 3.39. The van der Waals surface area contributed by atoms with E-state index in [1.807, 2.05) is 0 Å². The van der Waals surface area contributed by atoms with Crippen molar-refractivity contribution >= 4 is 5.97 Å². The monoisotopic (exact) mass is 320 g/mol. The Kier molecular flexibility index (Phi) is 4.84. The van der Waals surface area contributed by atoms with Crippen LogP contribution in [0.1, 0.15) is 21.5 Å². The Morgan fingerprint density at radius 3 is 1.83 bits per heavy atom. The fourth-order valence-electron chi connectivity index (χ4n) is 1.26. The molecule has 18 heavy (non-hydrogen) atoms. The van der Waals surface area contributed by atoms with Crippen molar-refractivity contribution in [3.8, 4) is 0 Å². The van der Waals surface area contributed by atoms with Gasteiger partial charge in [0.05, 0.1) is 17.1 Å². The van der Waals surface area contributed by atoms with Gasteiger partial charge in [0.25, 0.3) is 0 Å². The predicted molar refractivity (Wildman–Crippen MR) is 40.8 cm³/mol. The maximum atomic E-state index is 12.4. The first-order valence-electron chi connectivity index (χ1n) is 4.04. The van der Waals surface area contributed by atoms with Crippen LogP contribution in [-0.2, 0) is 29.4 Å². The summed E-state index contributed by atoms with van der Waals surface area (Å²) in [5.74, 6) is -2.32. The summed E-state index contributed by atoms with van der Waals surface area (Å²) >= 11 is 0. The maximum Gasteiger partial charge on any atom is 1.00 e. The molecule has 0 radical (unpaired) electrons. The van der Waals surface area contributed by atoms with Crippen LogP contribution in [0.5, 0.6) is 0 Å². The van der Waals surface area contributed by atoms with Crippen molar-refractivity contribution in [2.45, 2.75) is 12.4 Å². The van der Waals surface area contributed by atoms with Gasteiger partial charge in [-0.3, -0.25) is 0 Å². The zero-order valence-corrected chi connectivity index (χ0v) is 9.06. The molecule has 1 aromatic rings. The second kappa shape index (κ2) is 5.19. The number of alkyl halides is 6. The van der Waals surface area contributed by atoms with Crippen LogP contribution in [-0.4, -0.2) is 5.97 Å². The van der Waals surface area contributed by atoms with Crippen LogP contribution < -0.4 is 5.11 Å². The van der Waals surface area contributed by atoms with Gasteiger partial charge in [0, 0.05) is 5.56 Å². The molecule has 1 aromatic carbocycles. The molecular formula is C9H3CuF6O2. The standard InChI is InChI=1S/C9H4F6O2.Cu/c10-8(11,12)5-3-1-2-4(7(16)17)6(5)9(13,14)15;/h1-3H,(H,16,17);/q;+1/p-1. The smallest absolute Gasteiger partial charge is 0.545 e. The van der Waals surface area contributed by atoms with E-state index in [0.29, 0.717) is 12.1 Å². The number of rotatable bonds is 1. The molecule has 2 nitrogen and oxygen atoms in total. The van der Waals surface area contributed by atoms with Crippen molar-refractivity contribution in [3.63, 3.8) is 0 Å². The summed E-state index contributed by atoms with van der Waals surface area (Å²) in [6.45, 7) is 0. The first kappa shape index (κ1) is 16.8. The van der Waals surface area contributed by atoms with E-state index in [1.54, 1.807) is 0 Å². The zero-order chi connectivity index (χ0) is 13.4. The number of carbonyl (C=O) groups is 1. The van der Waals surface area contributed by atoms with Crippen LogP contribution in [0.25, 0.3) is 0 Å². The van der Waals surface area contributed by atoms with E-state index in [9.17, 15) is 36.2 Å². The van der Waals surface area contributed by atoms with Crippen LogP contribution in [0.15, 0.2) is 18.2 Å². The Morgan fingerprint density at radius 1 is 1.00 bits per heavy atom. The number of aromatic carboxylic acids is 1. The van der Waals surface area contributed by atoms with Gasteiger partial charge in [-0.05, 0) is 6.07 Å². The third-order valence-electron chi connectivity index (χ3n) is 1.87. The predicted octanol–water partition coefficient (Wildman–Crippen LogP) is 2.09. The molecule has 0 unspecified atom stereocenters. The number of carboxylic acids is 1. The molecule has 0 heterocycles. The van der Waals surface area contributed by atoms with Gasteiger partial charge in [-0.25, -0.2) is 0 Å². The molecule has 0 amide bonds. The molecule has 0 aromatic heterocycles. The van der Waals surface area contributed by atoms with E-state index < -0.39 is 35.0 Å². The first-order valence-corrected chi connectivity index (χ1v) is 4.04. The van der Waals surface area contributed by atoms with E-state index in [-0.39, 0.29) is 23.1 Å². The van der Waals surface area contributed by atoms with Gasteiger partial charge in [0.15, 0.2) is 0 Å². The molecule has 0 saturated heterocycles. The average molecular weight is 321 g/mol. The Balaban J connectivity index is 0.00000289. The molecule has 0 aliphatic heterocycles. The normalized spacial score (nSPS) is 11.9. The van der Waals surface area contributed by atoms with Gasteiger partial charge in [-0.15, -0.1) is 0 Å². The number of benzene rings is 1. The summed E-state index contributed by atoms with van der Waals surface area (Å²) in [5, 5.41) is 10.4. The van der Waals surface area contributed by atoms with Crippen molar-refractivity contribution in [1.82, 2.24) is 0 Å². The van der Waals surface area contributed by atoms with Crippen molar-refractivity contribution in [2.75, 3.05) is 0 Å². The van der Waals surface area contributed by atoms with Crippen LogP contribution >= 0.6 is 0 Å². The number of carboxylic acid groups (broad SMARTS) is 1. The van der Waals surface area contributed by atoms with Gasteiger partial charge in [0.2, 0.25) is 0 Å². The molecule has 1 rings (SSSR count). The summed E-state index contributed by atoms with van der Waals surface area (Å²) in [4.78, 5) is 10.4. The van der Waals surface area contributed by atoms with Gasteiger partial charge in [-0.2, -0.15) is 26.3 Å². The molecular weight excluding hydrogens is 318 g/mol. The molecule has 0 atom stereocenters. The summed E-state index contributed by atoms with van der Waals surface area (Å²) in [5.41, 5.74) is -5.83. The van der Waals surface area contributed by atoms with Crippen molar-refractivity contribution in [3.05, 3.63) is 34.9 Å². The number of hydrogen-bond acceptors (Lipinski definition) is 2. The quantitative estimate of drug-likeness (QED) is 0.587. The maximum absolute atomic E-state index is 12.4. The van der Waals surface area contributed by atoms with E-state index >= 15 is 0 Å². The second-order valence-electron chi connectivity index (χ2n) is 3.01. The Hall–Kier alpha value is -1.21. The largest absolute Gasteiger partial charge is 1.00 e. The van der Waals surface area contributed by atoms with Crippen molar-refractivity contribution < 1.29 is 53.3 Å². The Morgan fingerprint density at radius 2 is 1.50 bits per heavy atom. The van der Waals surface area contributed by atoms with E-state index in [0.717, 1.165) is 0 Å². The fraction of sp³-hybridized carbons (Fsp3) is 0.222. The first-order chi connectivity index (χ1) is 7.55. The molecule has 0 aliphatic carbocycles. The molecule has 0 fully saturated rings. The fourth-order valence-corrected chi connectivity index (χ4v) is 1.26. The zero-order valence-electron chi connectivity index (χ0n) is 8.12. The second-order valence-corrected chi connectivity index (χ2v) is 3.01. The van der Waals surface area contributed by atoms with Gasteiger partial charge in [-0.1, -0.05) is 12.1 Å². The summed E-state index contributed by atoms with van der Waals surface area (Å²) < 4.78 is 74.2. The van der Waals surface area contributed by atoms with Crippen LogP contribution in [0, 0.1) is 0 Å².